The normalized spacial score (nSPS) is 15.5. The third-order valence-corrected chi connectivity index (χ3v) is 3.49. The molecule has 2 N–H and O–H groups in total. The lowest BCUT2D eigenvalue weighted by atomic mass is 10.1. The second-order valence-corrected chi connectivity index (χ2v) is 5.49. The average molecular weight is 276 g/mol. The van der Waals surface area contributed by atoms with Gasteiger partial charge in [0.25, 0.3) is 5.91 Å². The first-order valence-corrected chi connectivity index (χ1v) is 6.78. The SMILES string of the molecule is CN(C)c1cccc(C(=O)N[C@@H](CC2CC2)C(=O)O)c1. The number of nitrogens with zero attached hydrogens (tertiary/aromatic N) is 1. The molecule has 108 valence electrons. The van der Waals surface area contributed by atoms with Crippen LogP contribution < -0.4 is 10.2 Å². The summed E-state index contributed by atoms with van der Waals surface area (Å²) in [7, 11) is 3.79. The maximum atomic E-state index is 12.1. The molecular formula is C15H20N2O3. The van der Waals surface area contributed by atoms with Crippen molar-refractivity contribution in [3.8, 4) is 0 Å². The van der Waals surface area contributed by atoms with Crippen LogP contribution in [0.3, 0.4) is 0 Å². The Bertz CT molecular complexity index is 510. The topological polar surface area (TPSA) is 69.6 Å². The van der Waals surface area contributed by atoms with Crippen LogP contribution in [0.5, 0.6) is 0 Å². The van der Waals surface area contributed by atoms with E-state index in [1.807, 2.05) is 25.1 Å². The van der Waals surface area contributed by atoms with E-state index in [4.69, 9.17) is 5.11 Å². The zero-order valence-corrected chi connectivity index (χ0v) is 11.8. The van der Waals surface area contributed by atoms with Crippen LogP contribution >= 0.6 is 0 Å². The number of carbonyl (C=O) groups excluding carboxylic acids is 1. The van der Waals surface area contributed by atoms with Gasteiger partial charge < -0.3 is 15.3 Å². The van der Waals surface area contributed by atoms with E-state index in [0.29, 0.717) is 17.9 Å². The third-order valence-electron chi connectivity index (χ3n) is 3.49. The van der Waals surface area contributed by atoms with Gasteiger partial charge >= 0.3 is 5.97 Å². The quantitative estimate of drug-likeness (QED) is 0.830. The van der Waals surface area contributed by atoms with Crippen molar-refractivity contribution in [3.05, 3.63) is 29.8 Å². The summed E-state index contributed by atoms with van der Waals surface area (Å²) in [6.45, 7) is 0. The maximum Gasteiger partial charge on any atom is 0.326 e. The zero-order chi connectivity index (χ0) is 14.7. The number of aliphatic carboxylic acids is 1. The predicted molar refractivity (Wildman–Crippen MR) is 77.0 cm³/mol. The van der Waals surface area contributed by atoms with Crippen molar-refractivity contribution in [2.75, 3.05) is 19.0 Å². The Hall–Kier alpha value is -2.04. The number of carboxylic acids is 1. The van der Waals surface area contributed by atoms with Gasteiger partial charge in [0.2, 0.25) is 0 Å². The second kappa shape index (κ2) is 5.94. The maximum absolute atomic E-state index is 12.1. The zero-order valence-electron chi connectivity index (χ0n) is 11.8. The standard InChI is InChI=1S/C15H20N2O3/c1-17(2)12-5-3-4-11(9-12)14(18)16-13(15(19)20)8-10-6-7-10/h3-5,9-10,13H,6-8H2,1-2H3,(H,16,18)(H,19,20)/t13-/m0/s1. The first-order valence-electron chi connectivity index (χ1n) is 6.78. The van der Waals surface area contributed by atoms with E-state index >= 15 is 0 Å². The Balaban J connectivity index is 2.05. The van der Waals surface area contributed by atoms with Gasteiger partial charge in [-0.3, -0.25) is 4.79 Å². The third kappa shape index (κ3) is 3.73. The van der Waals surface area contributed by atoms with Crippen molar-refractivity contribution >= 4 is 17.6 Å². The fourth-order valence-electron chi connectivity index (χ4n) is 2.08. The number of nitrogens with one attached hydrogen (secondary N) is 1. The van der Waals surface area contributed by atoms with Crippen LogP contribution in [0.4, 0.5) is 5.69 Å². The van der Waals surface area contributed by atoms with Crippen molar-refractivity contribution in [3.63, 3.8) is 0 Å². The molecule has 1 amide bonds. The molecule has 1 saturated carbocycles. The van der Waals surface area contributed by atoms with E-state index in [9.17, 15) is 9.59 Å². The number of carboxylic acid groups (broad SMARTS) is 1. The highest BCUT2D eigenvalue weighted by Crippen LogP contribution is 2.33. The van der Waals surface area contributed by atoms with E-state index in [1.165, 1.54) is 0 Å². The number of carbonyl (C=O) groups is 2. The van der Waals surface area contributed by atoms with E-state index in [0.717, 1.165) is 18.5 Å². The van der Waals surface area contributed by atoms with Crippen LogP contribution in [0.2, 0.25) is 0 Å². The van der Waals surface area contributed by atoms with Gasteiger partial charge in [0.15, 0.2) is 0 Å². The number of benzene rings is 1. The first kappa shape index (κ1) is 14.4. The summed E-state index contributed by atoms with van der Waals surface area (Å²) in [6.07, 6.45) is 2.65. The highest BCUT2D eigenvalue weighted by molar-refractivity contribution is 5.97. The largest absolute Gasteiger partial charge is 0.480 e. The molecule has 0 radical (unpaired) electrons. The molecule has 0 spiro atoms. The summed E-state index contributed by atoms with van der Waals surface area (Å²) < 4.78 is 0. The van der Waals surface area contributed by atoms with Gasteiger partial charge in [-0.1, -0.05) is 18.9 Å². The molecule has 1 aliphatic rings. The van der Waals surface area contributed by atoms with Crippen LogP contribution in [0.1, 0.15) is 29.6 Å². The number of amides is 1. The number of hydrogen-bond acceptors (Lipinski definition) is 3. The molecule has 1 fully saturated rings. The van der Waals surface area contributed by atoms with Gasteiger partial charge in [-0.25, -0.2) is 4.79 Å². The molecule has 1 aromatic rings. The van der Waals surface area contributed by atoms with Gasteiger partial charge in [0.05, 0.1) is 0 Å². The highest BCUT2D eigenvalue weighted by atomic mass is 16.4. The summed E-state index contributed by atoms with van der Waals surface area (Å²) in [5.41, 5.74) is 1.39. The van der Waals surface area contributed by atoms with Crippen molar-refractivity contribution in [2.45, 2.75) is 25.3 Å². The molecule has 20 heavy (non-hydrogen) atoms. The molecule has 2 rings (SSSR count). The monoisotopic (exact) mass is 276 g/mol. The minimum atomic E-state index is -0.964. The van der Waals surface area contributed by atoms with E-state index in [2.05, 4.69) is 5.32 Å². The van der Waals surface area contributed by atoms with Gasteiger partial charge in [-0.2, -0.15) is 0 Å². The number of anilines is 1. The van der Waals surface area contributed by atoms with Crippen LogP contribution in [0.25, 0.3) is 0 Å². The summed E-state index contributed by atoms with van der Waals surface area (Å²) >= 11 is 0. The molecule has 0 heterocycles. The van der Waals surface area contributed by atoms with Crippen LogP contribution in [-0.4, -0.2) is 37.1 Å². The van der Waals surface area contributed by atoms with E-state index in [-0.39, 0.29) is 5.91 Å². The molecule has 1 atom stereocenters. The van der Waals surface area contributed by atoms with Crippen molar-refractivity contribution < 1.29 is 14.7 Å². The predicted octanol–water partition coefficient (Wildman–Crippen LogP) is 1.74. The number of rotatable bonds is 6. The minimum Gasteiger partial charge on any atom is -0.480 e. The van der Waals surface area contributed by atoms with E-state index < -0.39 is 12.0 Å². The van der Waals surface area contributed by atoms with Crippen molar-refractivity contribution in [1.82, 2.24) is 5.32 Å². The minimum absolute atomic E-state index is 0.332. The molecule has 1 aromatic carbocycles. The van der Waals surface area contributed by atoms with E-state index in [1.54, 1.807) is 18.2 Å². The Morgan fingerprint density at radius 3 is 2.65 bits per heavy atom. The number of hydrogen-bond donors (Lipinski definition) is 2. The summed E-state index contributed by atoms with van der Waals surface area (Å²) in [6, 6.07) is 6.35. The average Bonchev–Trinajstić information content (AvgIpc) is 3.21. The Kier molecular flexibility index (Phi) is 4.27. The molecule has 0 bridgehead atoms. The molecular weight excluding hydrogens is 256 g/mol. The van der Waals surface area contributed by atoms with Crippen molar-refractivity contribution in [1.29, 1.82) is 0 Å². The second-order valence-electron chi connectivity index (χ2n) is 5.49. The van der Waals surface area contributed by atoms with Gasteiger partial charge in [0.1, 0.15) is 6.04 Å². The highest BCUT2D eigenvalue weighted by Gasteiger charge is 2.30. The lowest BCUT2D eigenvalue weighted by Gasteiger charge is -2.16. The first-order chi connectivity index (χ1) is 9.47. The lowest BCUT2D eigenvalue weighted by molar-refractivity contribution is -0.139. The van der Waals surface area contributed by atoms with Gasteiger partial charge in [-0.05, 0) is 30.5 Å². The summed E-state index contributed by atoms with van der Waals surface area (Å²) in [5, 5.41) is 11.8. The Morgan fingerprint density at radius 1 is 1.40 bits per heavy atom. The molecule has 0 unspecified atom stereocenters. The van der Waals surface area contributed by atoms with Crippen LogP contribution in [0, 0.1) is 5.92 Å². The van der Waals surface area contributed by atoms with Gasteiger partial charge in [0, 0.05) is 25.3 Å². The molecule has 0 aliphatic heterocycles. The molecule has 0 saturated heterocycles. The summed E-state index contributed by atoms with van der Waals surface area (Å²) in [5.74, 6) is -0.847. The van der Waals surface area contributed by atoms with Crippen molar-refractivity contribution in [2.24, 2.45) is 5.92 Å². The Morgan fingerprint density at radius 2 is 2.10 bits per heavy atom. The fraction of sp³-hybridized carbons (Fsp3) is 0.467. The smallest absolute Gasteiger partial charge is 0.326 e. The van der Waals surface area contributed by atoms with Crippen LogP contribution in [-0.2, 0) is 4.79 Å². The fourth-order valence-corrected chi connectivity index (χ4v) is 2.08. The molecule has 1 aliphatic carbocycles. The summed E-state index contributed by atoms with van der Waals surface area (Å²) in [4.78, 5) is 25.2. The van der Waals surface area contributed by atoms with Gasteiger partial charge in [-0.15, -0.1) is 0 Å². The molecule has 5 nitrogen and oxygen atoms in total. The Labute approximate surface area is 118 Å². The van der Waals surface area contributed by atoms with Crippen LogP contribution in [0.15, 0.2) is 24.3 Å². The molecule has 0 aromatic heterocycles. The lowest BCUT2D eigenvalue weighted by Crippen LogP contribution is -2.41. The molecule has 5 heteroatoms.